The van der Waals surface area contributed by atoms with Gasteiger partial charge in [0.2, 0.25) is 0 Å². The predicted octanol–water partition coefficient (Wildman–Crippen LogP) is 1.06. The van der Waals surface area contributed by atoms with Crippen LogP contribution in [0, 0.1) is 5.92 Å². The zero-order chi connectivity index (χ0) is 13.9. The van der Waals surface area contributed by atoms with Gasteiger partial charge in [-0.25, -0.2) is 0 Å². The fourth-order valence-electron chi connectivity index (χ4n) is 3.08. The second kappa shape index (κ2) is 5.87. The van der Waals surface area contributed by atoms with E-state index in [0.29, 0.717) is 13.1 Å². The number of likely N-dealkylation sites (tertiary alicyclic amines) is 1. The number of benzene rings is 1. The van der Waals surface area contributed by atoms with Gasteiger partial charge >= 0.3 is 0 Å². The molecule has 1 aliphatic heterocycles. The average molecular weight is 272 g/mol. The number of nitrogens with zero attached hydrogens (tertiary/aromatic N) is 2. The van der Waals surface area contributed by atoms with Crippen LogP contribution in [-0.4, -0.2) is 52.4 Å². The predicted molar refractivity (Wildman–Crippen MR) is 78.5 cm³/mol. The largest absolute Gasteiger partial charge is 0.395 e. The molecule has 2 N–H and O–H groups in total. The zero-order valence-corrected chi connectivity index (χ0v) is 11.4. The number of hydrogen-bond donors (Lipinski definition) is 2. The van der Waals surface area contributed by atoms with E-state index in [1.807, 2.05) is 30.5 Å². The molecule has 0 saturated carbocycles. The Morgan fingerprint density at radius 3 is 2.90 bits per heavy atom. The van der Waals surface area contributed by atoms with Crippen LogP contribution in [0.25, 0.3) is 10.9 Å². The Labute approximate surface area is 118 Å². The molecule has 1 saturated heterocycles. The summed E-state index contributed by atoms with van der Waals surface area (Å²) in [6.45, 7) is 2.30. The van der Waals surface area contributed by atoms with E-state index < -0.39 is 0 Å². The lowest BCUT2D eigenvalue weighted by atomic mass is 9.94. The second-order valence-electron chi connectivity index (χ2n) is 5.50. The summed E-state index contributed by atoms with van der Waals surface area (Å²) >= 11 is 0. The van der Waals surface area contributed by atoms with Crippen molar-refractivity contribution in [2.75, 3.05) is 26.2 Å². The molecule has 1 aliphatic rings. The van der Waals surface area contributed by atoms with E-state index in [4.69, 9.17) is 5.11 Å². The fraction of sp³-hybridized carbons (Fsp3) is 0.438. The molecule has 2 atom stereocenters. The van der Waals surface area contributed by atoms with Gasteiger partial charge in [-0.1, -0.05) is 18.2 Å². The monoisotopic (exact) mass is 272 g/mol. The highest BCUT2D eigenvalue weighted by molar-refractivity contribution is 5.81. The first-order valence-electron chi connectivity index (χ1n) is 7.12. The van der Waals surface area contributed by atoms with Crippen LogP contribution in [0.1, 0.15) is 5.56 Å². The molecule has 0 aliphatic carbocycles. The first kappa shape index (κ1) is 13.5. The van der Waals surface area contributed by atoms with Crippen molar-refractivity contribution in [1.82, 2.24) is 9.88 Å². The summed E-state index contributed by atoms with van der Waals surface area (Å²) in [4.78, 5) is 6.50. The number of hydrogen-bond acceptors (Lipinski definition) is 4. The van der Waals surface area contributed by atoms with Crippen molar-refractivity contribution in [3.8, 4) is 0 Å². The van der Waals surface area contributed by atoms with E-state index in [2.05, 4.69) is 16.0 Å². The van der Waals surface area contributed by atoms with E-state index in [9.17, 15) is 5.11 Å². The van der Waals surface area contributed by atoms with Gasteiger partial charge in [0.1, 0.15) is 0 Å². The minimum Gasteiger partial charge on any atom is -0.395 e. The van der Waals surface area contributed by atoms with Gasteiger partial charge < -0.3 is 10.2 Å². The van der Waals surface area contributed by atoms with E-state index in [1.165, 1.54) is 10.9 Å². The highest BCUT2D eigenvalue weighted by Gasteiger charge is 2.31. The molecular weight excluding hydrogens is 252 g/mol. The maximum absolute atomic E-state index is 10.2. The topological polar surface area (TPSA) is 56.6 Å². The first-order valence-corrected chi connectivity index (χ1v) is 7.12. The van der Waals surface area contributed by atoms with Gasteiger partial charge in [-0.3, -0.25) is 9.88 Å². The van der Waals surface area contributed by atoms with Crippen molar-refractivity contribution >= 4 is 10.9 Å². The Morgan fingerprint density at radius 2 is 2.05 bits per heavy atom. The maximum Gasteiger partial charge on any atom is 0.0710 e. The number of pyridine rings is 1. The highest BCUT2D eigenvalue weighted by Crippen LogP contribution is 2.25. The lowest BCUT2D eigenvalue weighted by molar-refractivity contribution is 0.138. The minimum atomic E-state index is -0.312. The number of β-amino-alcohol motifs (C(OH)–C–C–N with tert-alkyl or cyclic N) is 2. The zero-order valence-electron chi connectivity index (χ0n) is 11.4. The Morgan fingerprint density at radius 1 is 1.20 bits per heavy atom. The highest BCUT2D eigenvalue weighted by atomic mass is 16.3. The summed E-state index contributed by atoms with van der Waals surface area (Å²) in [5.41, 5.74) is 2.25. The molecule has 0 radical (unpaired) electrons. The molecule has 106 valence electrons. The summed E-state index contributed by atoms with van der Waals surface area (Å²) in [5.74, 6) is 0.229. The third kappa shape index (κ3) is 2.68. The Hall–Kier alpha value is -1.49. The van der Waals surface area contributed by atoms with E-state index in [1.54, 1.807) is 0 Å². The summed E-state index contributed by atoms with van der Waals surface area (Å²) in [7, 11) is 0. The van der Waals surface area contributed by atoms with Crippen molar-refractivity contribution in [3.63, 3.8) is 0 Å². The molecule has 4 heteroatoms. The molecule has 0 unspecified atom stereocenters. The number of para-hydroxylation sites is 1. The Balaban J connectivity index is 1.80. The van der Waals surface area contributed by atoms with Gasteiger partial charge in [0.25, 0.3) is 0 Å². The third-order valence-electron chi connectivity index (χ3n) is 4.12. The Kier molecular flexibility index (Phi) is 3.96. The molecule has 1 fully saturated rings. The van der Waals surface area contributed by atoms with Crippen LogP contribution in [0.5, 0.6) is 0 Å². The molecular formula is C16H20N2O2. The molecule has 0 spiro atoms. The van der Waals surface area contributed by atoms with Gasteiger partial charge in [-0.2, -0.15) is 0 Å². The number of fused-ring (bicyclic) bond motifs is 1. The average Bonchev–Trinajstić information content (AvgIpc) is 2.80. The minimum absolute atomic E-state index is 0.150. The molecule has 1 aromatic carbocycles. The smallest absolute Gasteiger partial charge is 0.0710 e. The van der Waals surface area contributed by atoms with Gasteiger partial charge in [-0.15, -0.1) is 0 Å². The summed E-state index contributed by atoms with van der Waals surface area (Å²) in [6.07, 6.45) is 2.38. The maximum atomic E-state index is 10.2. The lowest BCUT2D eigenvalue weighted by Gasteiger charge is -2.15. The van der Waals surface area contributed by atoms with Crippen molar-refractivity contribution in [3.05, 3.63) is 42.1 Å². The van der Waals surface area contributed by atoms with Crippen LogP contribution in [0.4, 0.5) is 0 Å². The van der Waals surface area contributed by atoms with Crippen molar-refractivity contribution in [2.24, 2.45) is 5.92 Å². The summed E-state index contributed by atoms with van der Waals surface area (Å²) in [6, 6.07) is 10.2. The van der Waals surface area contributed by atoms with Crippen LogP contribution in [-0.2, 0) is 6.42 Å². The normalized spacial score (nSPS) is 23.5. The van der Waals surface area contributed by atoms with Crippen molar-refractivity contribution < 1.29 is 10.2 Å². The van der Waals surface area contributed by atoms with Crippen LogP contribution < -0.4 is 0 Å². The van der Waals surface area contributed by atoms with Crippen LogP contribution in [0.2, 0.25) is 0 Å². The molecule has 20 heavy (non-hydrogen) atoms. The number of aromatic nitrogens is 1. The second-order valence-corrected chi connectivity index (χ2v) is 5.50. The third-order valence-corrected chi connectivity index (χ3v) is 4.12. The van der Waals surface area contributed by atoms with Gasteiger partial charge in [0.15, 0.2) is 0 Å². The fourth-order valence-corrected chi connectivity index (χ4v) is 3.08. The first-order chi connectivity index (χ1) is 9.78. The quantitative estimate of drug-likeness (QED) is 0.874. The molecule has 0 amide bonds. The standard InChI is InChI=1S/C16H20N2O2/c19-8-7-18-10-13(16(20)11-18)9-12-5-6-17-15-4-2-1-3-14(12)15/h1-6,13,16,19-20H,7-11H2/t13-,16-/m1/s1. The molecule has 1 aromatic heterocycles. The molecule has 0 bridgehead atoms. The number of aliphatic hydroxyl groups excluding tert-OH is 2. The van der Waals surface area contributed by atoms with Gasteiger partial charge in [0.05, 0.1) is 18.2 Å². The summed E-state index contributed by atoms with van der Waals surface area (Å²) < 4.78 is 0. The molecule has 4 nitrogen and oxygen atoms in total. The number of aliphatic hydroxyl groups is 2. The van der Waals surface area contributed by atoms with Gasteiger partial charge in [-0.05, 0) is 24.1 Å². The van der Waals surface area contributed by atoms with Crippen LogP contribution in [0.15, 0.2) is 36.5 Å². The van der Waals surface area contributed by atoms with Crippen molar-refractivity contribution in [2.45, 2.75) is 12.5 Å². The van der Waals surface area contributed by atoms with Crippen molar-refractivity contribution in [1.29, 1.82) is 0 Å². The van der Waals surface area contributed by atoms with E-state index in [-0.39, 0.29) is 18.6 Å². The molecule has 3 rings (SSSR count). The van der Waals surface area contributed by atoms with Crippen LogP contribution >= 0.6 is 0 Å². The van der Waals surface area contributed by atoms with E-state index >= 15 is 0 Å². The SMILES string of the molecule is OCCN1C[C@@H](Cc2ccnc3ccccc23)[C@H](O)C1. The van der Waals surface area contributed by atoms with Crippen LogP contribution in [0.3, 0.4) is 0 Å². The summed E-state index contributed by atoms with van der Waals surface area (Å²) in [5, 5.41) is 20.3. The number of rotatable bonds is 4. The van der Waals surface area contributed by atoms with Gasteiger partial charge in [0, 0.05) is 37.1 Å². The molecule has 2 heterocycles. The van der Waals surface area contributed by atoms with E-state index in [0.717, 1.165) is 18.5 Å². The lowest BCUT2D eigenvalue weighted by Crippen LogP contribution is -2.25. The Bertz CT molecular complexity index is 582. The molecule has 2 aromatic rings.